The molecular formula is C25H26BrN3O5S2. The molecule has 8 nitrogen and oxygen atoms in total. The van der Waals surface area contributed by atoms with E-state index in [-0.39, 0.29) is 10.0 Å². The lowest BCUT2D eigenvalue weighted by Crippen LogP contribution is -2.34. The fraction of sp³-hybridized carbons (Fsp3) is 0.200. The summed E-state index contributed by atoms with van der Waals surface area (Å²) < 4.78 is 39.7. The van der Waals surface area contributed by atoms with Crippen molar-refractivity contribution in [2.24, 2.45) is 0 Å². The van der Waals surface area contributed by atoms with Gasteiger partial charge in [0.05, 0.1) is 23.7 Å². The highest BCUT2D eigenvalue weighted by Gasteiger charge is 2.16. The van der Waals surface area contributed by atoms with Crippen LogP contribution in [0.4, 0.5) is 11.4 Å². The Kier molecular flexibility index (Phi) is 9.68. The van der Waals surface area contributed by atoms with E-state index < -0.39 is 15.9 Å². The van der Waals surface area contributed by atoms with Crippen molar-refractivity contribution in [3.05, 3.63) is 76.8 Å². The second-order valence-corrected chi connectivity index (χ2v) is 10.5. The van der Waals surface area contributed by atoms with Crippen molar-refractivity contribution in [2.45, 2.75) is 25.2 Å². The van der Waals surface area contributed by atoms with Crippen molar-refractivity contribution in [3.63, 3.8) is 0 Å². The predicted octanol–water partition coefficient (Wildman–Crippen LogP) is 5.56. The Hall–Kier alpha value is -3.15. The van der Waals surface area contributed by atoms with E-state index in [9.17, 15) is 13.2 Å². The molecule has 0 aliphatic rings. The number of carbonyl (C=O) groups excluding carboxylic acids is 1. The minimum Gasteiger partial charge on any atom is -0.494 e. The van der Waals surface area contributed by atoms with Crippen LogP contribution in [0.25, 0.3) is 0 Å². The maximum atomic E-state index is 12.8. The average Bonchev–Trinajstić information content (AvgIpc) is 2.84. The van der Waals surface area contributed by atoms with E-state index in [1.54, 1.807) is 54.6 Å². The highest BCUT2D eigenvalue weighted by Crippen LogP contribution is 2.24. The van der Waals surface area contributed by atoms with Gasteiger partial charge in [0.25, 0.3) is 15.9 Å². The molecule has 0 aliphatic heterocycles. The van der Waals surface area contributed by atoms with Crippen molar-refractivity contribution >= 4 is 60.6 Å². The molecule has 0 bridgehead atoms. The third kappa shape index (κ3) is 7.67. The van der Waals surface area contributed by atoms with Gasteiger partial charge in [0, 0.05) is 15.8 Å². The molecule has 0 saturated carbocycles. The number of benzene rings is 3. The molecule has 0 atom stereocenters. The first kappa shape index (κ1) is 27.4. The van der Waals surface area contributed by atoms with Gasteiger partial charge in [0.1, 0.15) is 11.5 Å². The molecule has 0 radical (unpaired) electrons. The number of halogens is 1. The first-order valence-corrected chi connectivity index (χ1v) is 13.8. The lowest BCUT2D eigenvalue weighted by molar-refractivity contribution is 0.0973. The molecular weight excluding hydrogens is 566 g/mol. The second-order valence-electron chi connectivity index (χ2n) is 7.48. The van der Waals surface area contributed by atoms with E-state index in [1.165, 1.54) is 12.1 Å². The average molecular weight is 593 g/mol. The minimum atomic E-state index is -3.79. The number of carbonyl (C=O) groups is 1. The van der Waals surface area contributed by atoms with Crippen LogP contribution in [0, 0.1) is 0 Å². The summed E-state index contributed by atoms with van der Waals surface area (Å²) in [7, 11) is -3.79. The first-order chi connectivity index (χ1) is 17.2. The van der Waals surface area contributed by atoms with Crippen LogP contribution in [0.1, 0.15) is 30.6 Å². The Morgan fingerprint density at radius 3 is 2.25 bits per heavy atom. The fourth-order valence-corrected chi connectivity index (χ4v) is 4.70. The van der Waals surface area contributed by atoms with Gasteiger partial charge in [-0.25, -0.2) is 8.42 Å². The highest BCUT2D eigenvalue weighted by atomic mass is 79.9. The number of amides is 1. The van der Waals surface area contributed by atoms with Crippen LogP contribution < -0.4 is 24.8 Å². The van der Waals surface area contributed by atoms with Gasteiger partial charge in [-0.05, 0) is 92.3 Å². The van der Waals surface area contributed by atoms with Gasteiger partial charge < -0.3 is 14.8 Å². The van der Waals surface area contributed by atoms with Crippen molar-refractivity contribution in [2.75, 3.05) is 23.3 Å². The lowest BCUT2D eigenvalue weighted by atomic mass is 10.2. The SMILES string of the molecule is CCCOc1ccc(Br)cc1C(=O)NC(=S)Nc1ccc(S(=O)(=O)Nc2ccc(OCC)cc2)cc1. The van der Waals surface area contributed by atoms with Gasteiger partial charge in [-0.3, -0.25) is 14.8 Å². The van der Waals surface area contributed by atoms with Gasteiger partial charge >= 0.3 is 0 Å². The summed E-state index contributed by atoms with van der Waals surface area (Å²) in [5.74, 6) is 0.678. The van der Waals surface area contributed by atoms with Crippen LogP contribution in [-0.4, -0.2) is 32.7 Å². The third-order valence-corrected chi connectivity index (χ3v) is 6.81. The smallest absolute Gasteiger partial charge is 0.261 e. The number of nitrogens with one attached hydrogen (secondary N) is 3. The number of sulfonamides is 1. The zero-order chi connectivity index (χ0) is 26.1. The van der Waals surface area contributed by atoms with Crippen LogP contribution in [0.5, 0.6) is 11.5 Å². The summed E-state index contributed by atoms with van der Waals surface area (Å²) in [6.07, 6.45) is 0.804. The highest BCUT2D eigenvalue weighted by molar-refractivity contribution is 9.10. The zero-order valence-electron chi connectivity index (χ0n) is 19.7. The molecule has 0 aliphatic carbocycles. The Morgan fingerprint density at radius 2 is 1.61 bits per heavy atom. The van der Waals surface area contributed by atoms with Gasteiger partial charge in [-0.15, -0.1) is 0 Å². The second kappa shape index (κ2) is 12.7. The minimum absolute atomic E-state index is 0.0598. The molecule has 0 saturated heterocycles. The van der Waals surface area contributed by atoms with E-state index in [0.29, 0.717) is 41.7 Å². The van der Waals surface area contributed by atoms with E-state index in [0.717, 1.165) is 10.9 Å². The molecule has 0 aromatic heterocycles. The van der Waals surface area contributed by atoms with Crippen LogP contribution in [0.3, 0.4) is 0 Å². The quantitative estimate of drug-likeness (QED) is 0.265. The molecule has 0 unspecified atom stereocenters. The Bertz CT molecular complexity index is 1310. The van der Waals surface area contributed by atoms with Crippen molar-refractivity contribution < 1.29 is 22.7 Å². The van der Waals surface area contributed by atoms with Gasteiger partial charge in [0.2, 0.25) is 0 Å². The molecule has 3 aromatic rings. The van der Waals surface area contributed by atoms with E-state index in [4.69, 9.17) is 21.7 Å². The van der Waals surface area contributed by atoms with Gasteiger partial charge in [0.15, 0.2) is 5.11 Å². The Balaban J connectivity index is 1.62. The van der Waals surface area contributed by atoms with Crippen molar-refractivity contribution in [1.82, 2.24) is 5.32 Å². The molecule has 3 aromatic carbocycles. The number of hydrogen-bond donors (Lipinski definition) is 3. The molecule has 0 heterocycles. The van der Waals surface area contributed by atoms with E-state index >= 15 is 0 Å². The molecule has 3 rings (SSSR count). The monoisotopic (exact) mass is 591 g/mol. The first-order valence-electron chi connectivity index (χ1n) is 11.1. The Morgan fingerprint density at radius 1 is 0.944 bits per heavy atom. The van der Waals surface area contributed by atoms with Crippen LogP contribution in [0.15, 0.2) is 76.1 Å². The summed E-state index contributed by atoms with van der Waals surface area (Å²) in [6.45, 7) is 4.85. The number of anilines is 2. The molecule has 3 N–H and O–H groups in total. The summed E-state index contributed by atoms with van der Waals surface area (Å²) >= 11 is 8.62. The number of rotatable bonds is 10. The van der Waals surface area contributed by atoms with E-state index in [2.05, 4.69) is 31.3 Å². The maximum absolute atomic E-state index is 12.8. The fourth-order valence-electron chi connectivity index (χ4n) is 3.07. The summed E-state index contributed by atoms with van der Waals surface area (Å²) in [5, 5.41) is 5.56. The van der Waals surface area contributed by atoms with E-state index in [1.807, 2.05) is 13.8 Å². The summed E-state index contributed by atoms with van der Waals surface area (Å²) in [6, 6.07) is 17.8. The van der Waals surface area contributed by atoms with Crippen molar-refractivity contribution in [1.29, 1.82) is 0 Å². The summed E-state index contributed by atoms with van der Waals surface area (Å²) in [5.41, 5.74) is 1.26. The van der Waals surface area contributed by atoms with Crippen LogP contribution in [0.2, 0.25) is 0 Å². The zero-order valence-corrected chi connectivity index (χ0v) is 22.9. The molecule has 11 heteroatoms. The van der Waals surface area contributed by atoms with Crippen molar-refractivity contribution in [3.8, 4) is 11.5 Å². The lowest BCUT2D eigenvalue weighted by Gasteiger charge is -2.14. The standard InChI is InChI=1S/C25H26BrN3O5S2/c1-3-15-34-23-14-5-17(26)16-22(23)24(30)28-25(35)27-18-8-12-21(13-9-18)36(31,32)29-19-6-10-20(11-7-19)33-4-2/h5-14,16,29H,3-4,15H2,1-2H3,(H2,27,28,30,35). The normalized spacial score (nSPS) is 10.9. The largest absolute Gasteiger partial charge is 0.494 e. The number of ether oxygens (including phenoxy) is 2. The van der Waals surface area contributed by atoms with Crippen LogP contribution in [-0.2, 0) is 10.0 Å². The molecule has 0 spiro atoms. The summed E-state index contributed by atoms with van der Waals surface area (Å²) in [4.78, 5) is 12.8. The third-order valence-electron chi connectivity index (χ3n) is 4.72. The number of hydrogen-bond acceptors (Lipinski definition) is 6. The predicted molar refractivity (Wildman–Crippen MR) is 148 cm³/mol. The molecule has 190 valence electrons. The van der Waals surface area contributed by atoms with Gasteiger partial charge in [-0.1, -0.05) is 22.9 Å². The molecule has 1 amide bonds. The molecule has 36 heavy (non-hydrogen) atoms. The Labute approximate surface area is 224 Å². The topological polar surface area (TPSA) is 106 Å². The molecule has 0 fully saturated rings. The van der Waals surface area contributed by atoms with Gasteiger partial charge in [-0.2, -0.15) is 0 Å². The maximum Gasteiger partial charge on any atom is 0.261 e. The number of thiocarbonyl (C=S) groups is 1. The van der Waals surface area contributed by atoms with Crippen LogP contribution >= 0.6 is 28.1 Å².